The van der Waals surface area contributed by atoms with Gasteiger partial charge in [-0.2, -0.15) is 10.2 Å². The van der Waals surface area contributed by atoms with Gasteiger partial charge in [0.05, 0.1) is 24.1 Å². The van der Waals surface area contributed by atoms with Crippen LogP contribution in [-0.2, 0) is 6.54 Å². The molecular weight excluding hydrogens is 318 g/mol. The molecule has 0 fully saturated rings. The van der Waals surface area contributed by atoms with E-state index in [2.05, 4.69) is 29.1 Å². The summed E-state index contributed by atoms with van der Waals surface area (Å²) in [7, 11) is 1.65. The van der Waals surface area contributed by atoms with Crippen molar-refractivity contribution in [2.24, 2.45) is 0 Å². The summed E-state index contributed by atoms with van der Waals surface area (Å²) in [6.07, 6.45) is 3.07. The van der Waals surface area contributed by atoms with Crippen LogP contribution in [0.25, 0.3) is 5.69 Å². The Morgan fingerprint density at radius 1 is 1.28 bits per heavy atom. The first-order chi connectivity index (χ1) is 12.0. The maximum Gasteiger partial charge on any atom is 0.278 e. The summed E-state index contributed by atoms with van der Waals surface area (Å²) in [6.45, 7) is 4.61. The number of nitrogens with one attached hydrogen (secondary N) is 1. The Bertz CT molecular complexity index is 850. The van der Waals surface area contributed by atoms with Gasteiger partial charge in [0.15, 0.2) is 11.4 Å². The molecule has 0 saturated heterocycles. The zero-order valence-corrected chi connectivity index (χ0v) is 14.5. The molecule has 2 N–H and O–H groups in total. The second kappa shape index (κ2) is 6.80. The molecule has 25 heavy (non-hydrogen) atoms. The molecule has 0 spiro atoms. The van der Waals surface area contributed by atoms with Crippen molar-refractivity contribution in [1.29, 1.82) is 0 Å². The fourth-order valence-corrected chi connectivity index (χ4v) is 2.54. The topological polar surface area (TPSA) is 87.0 Å². The molecule has 0 bridgehead atoms. The lowest BCUT2D eigenvalue weighted by molar-refractivity contribution is 0.0774. The van der Waals surface area contributed by atoms with E-state index in [1.807, 2.05) is 24.3 Å². The molecule has 0 aliphatic heterocycles. The average molecular weight is 339 g/mol. The molecule has 3 aromatic rings. The Morgan fingerprint density at radius 2 is 2.00 bits per heavy atom. The Kier molecular flexibility index (Phi) is 4.56. The zero-order chi connectivity index (χ0) is 18.0. The Hall–Kier alpha value is -3.09. The monoisotopic (exact) mass is 339 g/mol. The highest BCUT2D eigenvalue weighted by Gasteiger charge is 2.21. The lowest BCUT2D eigenvalue weighted by atomic mass is 10.0. The first kappa shape index (κ1) is 16.8. The second-order valence-electron chi connectivity index (χ2n) is 6.30. The molecule has 0 aliphatic carbocycles. The lowest BCUT2D eigenvalue weighted by Gasteiger charge is -2.14. The fourth-order valence-electron chi connectivity index (χ4n) is 2.54. The van der Waals surface area contributed by atoms with Crippen molar-refractivity contribution in [3.05, 3.63) is 59.7 Å². The highest BCUT2D eigenvalue weighted by atomic mass is 16.3. The normalized spacial score (nSPS) is 11.0. The van der Waals surface area contributed by atoms with Gasteiger partial charge in [0.1, 0.15) is 0 Å². The van der Waals surface area contributed by atoms with Crippen LogP contribution in [0, 0.1) is 0 Å². The highest BCUT2D eigenvalue weighted by Crippen LogP contribution is 2.21. The van der Waals surface area contributed by atoms with Crippen molar-refractivity contribution in [2.75, 3.05) is 7.05 Å². The van der Waals surface area contributed by atoms with Gasteiger partial charge in [0, 0.05) is 13.2 Å². The number of H-pyrrole nitrogens is 1. The number of aromatic hydroxyl groups is 1. The summed E-state index contributed by atoms with van der Waals surface area (Å²) in [4.78, 5) is 14.0. The van der Waals surface area contributed by atoms with Crippen LogP contribution in [0.1, 0.15) is 41.5 Å². The summed E-state index contributed by atoms with van der Waals surface area (Å²) in [5.41, 5.74) is 2.83. The summed E-state index contributed by atoms with van der Waals surface area (Å²) < 4.78 is 1.51. The molecule has 0 atom stereocenters. The van der Waals surface area contributed by atoms with E-state index in [4.69, 9.17) is 0 Å². The predicted octanol–water partition coefficient (Wildman–Crippen LogP) is 2.70. The van der Waals surface area contributed by atoms with Gasteiger partial charge in [-0.3, -0.25) is 9.89 Å². The molecule has 0 aliphatic rings. The van der Waals surface area contributed by atoms with Crippen LogP contribution in [0.2, 0.25) is 0 Å². The number of carbonyl (C=O) groups is 1. The van der Waals surface area contributed by atoms with E-state index >= 15 is 0 Å². The number of rotatable bonds is 5. The van der Waals surface area contributed by atoms with Crippen LogP contribution in [0.5, 0.6) is 5.75 Å². The third kappa shape index (κ3) is 3.55. The Labute approximate surface area is 145 Å². The van der Waals surface area contributed by atoms with Crippen LogP contribution in [0.15, 0.2) is 42.7 Å². The van der Waals surface area contributed by atoms with Crippen molar-refractivity contribution < 1.29 is 9.90 Å². The van der Waals surface area contributed by atoms with Crippen molar-refractivity contribution in [2.45, 2.75) is 26.3 Å². The first-order valence-electron chi connectivity index (χ1n) is 8.08. The lowest BCUT2D eigenvalue weighted by Crippen LogP contribution is -2.27. The number of hydrogen-bond acceptors (Lipinski definition) is 4. The van der Waals surface area contributed by atoms with E-state index in [1.54, 1.807) is 19.3 Å². The number of nitrogens with zero attached hydrogens (tertiary/aromatic N) is 4. The summed E-state index contributed by atoms with van der Waals surface area (Å²) >= 11 is 0. The molecule has 0 radical (unpaired) electrons. The van der Waals surface area contributed by atoms with Gasteiger partial charge in [0.25, 0.3) is 5.91 Å². The van der Waals surface area contributed by atoms with Crippen LogP contribution in [0.3, 0.4) is 0 Å². The van der Waals surface area contributed by atoms with Crippen molar-refractivity contribution in [1.82, 2.24) is 24.9 Å². The van der Waals surface area contributed by atoms with Gasteiger partial charge >= 0.3 is 0 Å². The maximum absolute atomic E-state index is 12.5. The van der Waals surface area contributed by atoms with Gasteiger partial charge in [-0.1, -0.05) is 26.0 Å². The van der Waals surface area contributed by atoms with Crippen LogP contribution < -0.4 is 0 Å². The largest absolute Gasteiger partial charge is 0.504 e. The number of carbonyl (C=O) groups excluding carboxylic acids is 1. The van der Waals surface area contributed by atoms with Crippen molar-refractivity contribution >= 4 is 5.91 Å². The minimum absolute atomic E-state index is 0.0231. The van der Waals surface area contributed by atoms with Gasteiger partial charge in [-0.25, -0.2) is 4.68 Å². The van der Waals surface area contributed by atoms with Crippen molar-refractivity contribution in [3.8, 4) is 11.4 Å². The highest BCUT2D eigenvalue weighted by molar-refractivity contribution is 5.94. The summed E-state index contributed by atoms with van der Waals surface area (Å²) in [6, 6.07) is 9.67. The minimum Gasteiger partial charge on any atom is -0.504 e. The second-order valence-corrected chi connectivity index (χ2v) is 6.30. The van der Waals surface area contributed by atoms with Gasteiger partial charge in [-0.15, -0.1) is 0 Å². The van der Waals surface area contributed by atoms with E-state index in [0.29, 0.717) is 12.5 Å². The predicted molar refractivity (Wildman–Crippen MR) is 93.7 cm³/mol. The maximum atomic E-state index is 12.5. The summed E-state index contributed by atoms with van der Waals surface area (Å²) in [5.74, 6) is -0.0626. The third-order valence-corrected chi connectivity index (χ3v) is 4.03. The number of amides is 1. The quantitative estimate of drug-likeness (QED) is 0.748. The van der Waals surface area contributed by atoms with Gasteiger partial charge < -0.3 is 10.0 Å². The Balaban J connectivity index is 1.80. The van der Waals surface area contributed by atoms with Crippen LogP contribution >= 0.6 is 0 Å². The van der Waals surface area contributed by atoms with E-state index in [-0.39, 0.29) is 17.4 Å². The van der Waals surface area contributed by atoms with E-state index in [1.165, 1.54) is 21.3 Å². The molecule has 2 aromatic heterocycles. The fraction of sp³-hybridized carbons (Fsp3) is 0.278. The standard InChI is InChI=1S/C18H21N5O2/c1-12(2)13-4-6-15(7-5-13)23-11-16(24)17(21-23)18(25)22(3)10-14-8-9-19-20-14/h4-9,11-12,24H,10H2,1-3H3,(H,19,20). The molecule has 1 aromatic carbocycles. The van der Waals surface area contributed by atoms with Gasteiger partial charge in [0.2, 0.25) is 0 Å². The molecule has 130 valence electrons. The average Bonchev–Trinajstić information content (AvgIpc) is 3.24. The van der Waals surface area contributed by atoms with E-state index in [0.717, 1.165) is 11.4 Å². The Morgan fingerprint density at radius 3 is 2.60 bits per heavy atom. The SMILES string of the molecule is CC(C)c1ccc(-n2cc(O)c(C(=O)N(C)Cc3ccn[nH]3)n2)cc1. The molecule has 7 heteroatoms. The first-order valence-corrected chi connectivity index (χ1v) is 8.08. The van der Waals surface area contributed by atoms with E-state index in [9.17, 15) is 9.90 Å². The van der Waals surface area contributed by atoms with Crippen LogP contribution in [0.4, 0.5) is 0 Å². The molecule has 0 unspecified atom stereocenters. The summed E-state index contributed by atoms with van der Waals surface area (Å²) in [5, 5.41) is 21.0. The van der Waals surface area contributed by atoms with E-state index < -0.39 is 0 Å². The smallest absolute Gasteiger partial charge is 0.278 e. The van der Waals surface area contributed by atoms with Crippen molar-refractivity contribution in [3.63, 3.8) is 0 Å². The third-order valence-electron chi connectivity index (χ3n) is 4.03. The number of aromatic nitrogens is 4. The molecule has 7 nitrogen and oxygen atoms in total. The number of hydrogen-bond donors (Lipinski definition) is 2. The molecule has 1 amide bonds. The minimum atomic E-state index is -0.357. The van der Waals surface area contributed by atoms with Crippen LogP contribution in [-0.4, -0.2) is 42.9 Å². The molecule has 3 rings (SSSR count). The number of benzene rings is 1. The molecule has 0 saturated carbocycles. The number of aromatic amines is 1. The molecular formula is C18H21N5O2. The molecule has 2 heterocycles. The zero-order valence-electron chi connectivity index (χ0n) is 14.5. The van der Waals surface area contributed by atoms with Gasteiger partial charge in [-0.05, 0) is 29.7 Å².